The smallest absolute Gasteiger partial charge is 0.265 e. The van der Waals surface area contributed by atoms with Crippen LogP contribution >= 0.6 is 0 Å². The van der Waals surface area contributed by atoms with E-state index in [1.165, 1.54) is 10.9 Å². The number of carbonyl (C=O) groups is 1. The second kappa shape index (κ2) is 6.25. The number of rotatable bonds is 2. The Hall–Kier alpha value is -3.23. The average Bonchev–Trinajstić information content (AvgIpc) is 3.02. The summed E-state index contributed by atoms with van der Waals surface area (Å²) in [6.07, 6.45) is 4.79. The number of fused-ring (bicyclic) bond motifs is 1. The minimum Gasteiger partial charge on any atom is -0.442 e. The van der Waals surface area contributed by atoms with Gasteiger partial charge >= 0.3 is 0 Å². The lowest BCUT2D eigenvalue weighted by atomic mass is 10.1. The number of nitrogens with zero attached hydrogens (tertiary/aromatic N) is 6. The van der Waals surface area contributed by atoms with E-state index in [0.29, 0.717) is 43.5 Å². The number of hydrogen-bond donors (Lipinski definition) is 0. The number of aromatic nitrogens is 4. The standard InChI is InChI=1S/C17H18N6O3/c1-11-12(13-14(26-11)20-10-21(2)15(13)24)16(25)22-6-8-23(9-7-22)17-18-4-3-5-19-17/h3-5,10H,6-9H2,1-2H3. The fraction of sp³-hybridized carbons (Fsp3) is 0.353. The first kappa shape index (κ1) is 16.2. The summed E-state index contributed by atoms with van der Waals surface area (Å²) in [5.41, 5.74) is 0.218. The molecule has 0 radical (unpaired) electrons. The van der Waals surface area contributed by atoms with E-state index in [4.69, 9.17) is 4.42 Å². The number of aryl methyl sites for hydroxylation is 2. The molecule has 0 unspecified atom stereocenters. The van der Waals surface area contributed by atoms with Gasteiger partial charge in [0, 0.05) is 45.6 Å². The number of carbonyl (C=O) groups excluding carboxylic acids is 1. The summed E-state index contributed by atoms with van der Waals surface area (Å²) in [6, 6.07) is 1.77. The molecule has 1 fully saturated rings. The summed E-state index contributed by atoms with van der Waals surface area (Å²) in [5, 5.41) is 0.242. The Balaban J connectivity index is 1.60. The zero-order valence-corrected chi connectivity index (χ0v) is 14.5. The minimum absolute atomic E-state index is 0.199. The highest BCUT2D eigenvalue weighted by Gasteiger charge is 2.29. The van der Waals surface area contributed by atoms with Gasteiger partial charge in [-0.3, -0.25) is 9.59 Å². The molecule has 0 bridgehead atoms. The second-order valence-electron chi connectivity index (χ2n) is 6.20. The molecular weight excluding hydrogens is 336 g/mol. The number of piperazine rings is 1. The second-order valence-corrected chi connectivity index (χ2v) is 6.20. The predicted octanol–water partition coefficient (Wildman–Crippen LogP) is 0.587. The Morgan fingerprint density at radius 3 is 2.50 bits per heavy atom. The molecule has 3 aromatic heterocycles. The fourth-order valence-electron chi connectivity index (χ4n) is 3.17. The first-order valence-electron chi connectivity index (χ1n) is 8.32. The molecule has 0 aliphatic carbocycles. The van der Waals surface area contributed by atoms with Crippen LogP contribution < -0.4 is 10.5 Å². The van der Waals surface area contributed by atoms with Gasteiger partial charge in [-0.2, -0.15) is 0 Å². The Labute approximate surface area is 148 Å². The van der Waals surface area contributed by atoms with Crippen molar-refractivity contribution < 1.29 is 9.21 Å². The van der Waals surface area contributed by atoms with Crippen molar-refractivity contribution in [3.05, 3.63) is 46.5 Å². The quantitative estimate of drug-likeness (QED) is 0.664. The monoisotopic (exact) mass is 354 g/mol. The van der Waals surface area contributed by atoms with Crippen LogP contribution in [0.15, 0.2) is 34.0 Å². The molecule has 9 nitrogen and oxygen atoms in total. The van der Waals surface area contributed by atoms with Crippen LogP contribution in [-0.4, -0.2) is 56.5 Å². The molecule has 0 atom stereocenters. The van der Waals surface area contributed by atoms with E-state index < -0.39 is 0 Å². The predicted molar refractivity (Wildman–Crippen MR) is 94.1 cm³/mol. The van der Waals surface area contributed by atoms with Crippen LogP contribution in [-0.2, 0) is 7.05 Å². The topological polar surface area (TPSA) is 97.4 Å². The van der Waals surface area contributed by atoms with Gasteiger partial charge in [0.15, 0.2) is 0 Å². The highest BCUT2D eigenvalue weighted by molar-refractivity contribution is 6.06. The van der Waals surface area contributed by atoms with Gasteiger partial charge < -0.3 is 18.8 Å². The molecule has 0 spiro atoms. The first-order chi connectivity index (χ1) is 12.6. The molecule has 4 rings (SSSR count). The summed E-state index contributed by atoms with van der Waals surface area (Å²) >= 11 is 0. The van der Waals surface area contributed by atoms with E-state index in [1.54, 1.807) is 37.3 Å². The molecule has 26 heavy (non-hydrogen) atoms. The number of hydrogen-bond acceptors (Lipinski definition) is 7. The summed E-state index contributed by atoms with van der Waals surface area (Å²) in [5.74, 6) is 0.859. The molecule has 1 aliphatic heterocycles. The largest absolute Gasteiger partial charge is 0.442 e. The number of anilines is 1. The third-order valence-corrected chi connectivity index (χ3v) is 4.56. The Morgan fingerprint density at radius 1 is 1.12 bits per heavy atom. The molecule has 0 saturated carbocycles. The van der Waals surface area contributed by atoms with E-state index in [9.17, 15) is 9.59 Å². The lowest BCUT2D eigenvalue weighted by molar-refractivity contribution is 0.0746. The van der Waals surface area contributed by atoms with Crippen molar-refractivity contribution >= 4 is 23.0 Å². The van der Waals surface area contributed by atoms with E-state index in [2.05, 4.69) is 15.0 Å². The molecule has 9 heteroatoms. The molecule has 1 saturated heterocycles. The summed E-state index contributed by atoms with van der Waals surface area (Å²) < 4.78 is 6.88. The van der Waals surface area contributed by atoms with Gasteiger partial charge in [0.25, 0.3) is 11.5 Å². The molecule has 3 aromatic rings. The lowest BCUT2D eigenvalue weighted by Crippen LogP contribution is -2.49. The molecule has 134 valence electrons. The highest BCUT2D eigenvalue weighted by Crippen LogP contribution is 2.23. The van der Waals surface area contributed by atoms with Gasteiger partial charge in [0.2, 0.25) is 11.7 Å². The van der Waals surface area contributed by atoms with E-state index in [1.807, 2.05) is 4.90 Å². The number of furan rings is 1. The SMILES string of the molecule is Cc1oc2ncn(C)c(=O)c2c1C(=O)N1CCN(c2ncccn2)CC1. The van der Waals surface area contributed by atoms with Crippen LogP contribution in [0.5, 0.6) is 0 Å². The maximum Gasteiger partial charge on any atom is 0.265 e. The zero-order valence-electron chi connectivity index (χ0n) is 14.5. The van der Waals surface area contributed by atoms with Crippen molar-refractivity contribution in [2.75, 3.05) is 31.1 Å². The molecular formula is C17H18N6O3. The van der Waals surface area contributed by atoms with Crippen molar-refractivity contribution in [1.82, 2.24) is 24.4 Å². The molecule has 0 N–H and O–H groups in total. The Morgan fingerprint density at radius 2 is 1.81 bits per heavy atom. The van der Waals surface area contributed by atoms with Crippen molar-refractivity contribution in [3.8, 4) is 0 Å². The third-order valence-electron chi connectivity index (χ3n) is 4.56. The minimum atomic E-state index is -0.286. The van der Waals surface area contributed by atoms with Crippen LogP contribution in [0.4, 0.5) is 5.95 Å². The fourth-order valence-corrected chi connectivity index (χ4v) is 3.17. The van der Waals surface area contributed by atoms with Gasteiger partial charge in [-0.1, -0.05) is 0 Å². The third kappa shape index (κ3) is 2.61. The van der Waals surface area contributed by atoms with E-state index in [-0.39, 0.29) is 22.6 Å². The normalized spacial score (nSPS) is 14.8. The van der Waals surface area contributed by atoms with Crippen LogP contribution in [0.2, 0.25) is 0 Å². The molecule has 1 amide bonds. The average molecular weight is 354 g/mol. The number of amides is 1. The van der Waals surface area contributed by atoms with Crippen LogP contribution in [0.25, 0.3) is 11.1 Å². The summed E-state index contributed by atoms with van der Waals surface area (Å²) in [6.45, 7) is 3.97. The molecule has 1 aliphatic rings. The van der Waals surface area contributed by atoms with Gasteiger partial charge in [-0.05, 0) is 13.0 Å². The van der Waals surface area contributed by atoms with Crippen molar-refractivity contribution in [2.24, 2.45) is 7.05 Å². The van der Waals surface area contributed by atoms with Crippen LogP contribution in [0, 0.1) is 6.92 Å². The van der Waals surface area contributed by atoms with Crippen LogP contribution in [0.3, 0.4) is 0 Å². The van der Waals surface area contributed by atoms with Gasteiger partial charge in [-0.15, -0.1) is 0 Å². The van der Waals surface area contributed by atoms with Gasteiger partial charge in [-0.25, -0.2) is 15.0 Å². The van der Waals surface area contributed by atoms with Gasteiger partial charge in [0.05, 0.1) is 5.56 Å². The lowest BCUT2D eigenvalue weighted by Gasteiger charge is -2.34. The Bertz CT molecular complexity index is 1020. The van der Waals surface area contributed by atoms with Gasteiger partial charge in [0.1, 0.15) is 17.5 Å². The summed E-state index contributed by atoms with van der Waals surface area (Å²) in [7, 11) is 1.60. The zero-order chi connectivity index (χ0) is 18.3. The van der Waals surface area contributed by atoms with E-state index >= 15 is 0 Å². The maximum absolute atomic E-state index is 13.0. The highest BCUT2D eigenvalue weighted by atomic mass is 16.3. The maximum atomic E-state index is 13.0. The van der Waals surface area contributed by atoms with Crippen molar-refractivity contribution in [3.63, 3.8) is 0 Å². The van der Waals surface area contributed by atoms with Crippen LogP contribution in [0.1, 0.15) is 16.1 Å². The molecule has 4 heterocycles. The molecule has 0 aromatic carbocycles. The summed E-state index contributed by atoms with van der Waals surface area (Å²) in [4.78, 5) is 41.8. The first-order valence-corrected chi connectivity index (χ1v) is 8.32. The van der Waals surface area contributed by atoms with Crippen molar-refractivity contribution in [2.45, 2.75) is 6.92 Å². The van der Waals surface area contributed by atoms with Crippen molar-refractivity contribution in [1.29, 1.82) is 0 Å². The Kier molecular flexibility index (Phi) is 3.90. The van der Waals surface area contributed by atoms with E-state index in [0.717, 1.165) is 0 Å².